The van der Waals surface area contributed by atoms with E-state index in [1.807, 2.05) is 19.9 Å². The molecular weight excluding hydrogens is 344 g/mol. The van der Waals surface area contributed by atoms with Gasteiger partial charge < -0.3 is 15.4 Å². The van der Waals surface area contributed by atoms with Gasteiger partial charge >= 0.3 is 0 Å². The Morgan fingerprint density at radius 1 is 1.26 bits per heavy atom. The minimum atomic E-state index is -0.295. The van der Waals surface area contributed by atoms with Gasteiger partial charge in [0.1, 0.15) is 0 Å². The van der Waals surface area contributed by atoms with E-state index in [4.69, 9.17) is 4.74 Å². The van der Waals surface area contributed by atoms with Crippen LogP contribution in [-0.2, 0) is 6.54 Å². The second-order valence-electron chi connectivity index (χ2n) is 7.34. The van der Waals surface area contributed by atoms with Gasteiger partial charge in [0.15, 0.2) is 5.69 Å². The van der Waals surface area contributed by atoms with Crippen LogP contribution in [0.2, 0.25) is 0 Å². The Morgan fingerprint density at radius 2 is 2.07 bits per heavy atom. The summed E-state index contributed by atoms with van der Waals surface area (Å²) in [5.41, 5.74) is 3.14. The molecule has 2 N–H and O–H groups in total. The lowest BCUT2D eigenvalue weighted by molar-refractivity contribution is 0.0950. The van der Waals surface area contributed by atoms with Gasteiger partial charge in [-0.25, -0.2) is 4.68 Å². The molecule has 0 radical (unpaired) electrons. The third kappa shape index (κ3) is 3.67. The average Bonchev–Trinajstić information content (AvgIpc) is 3.44. The van der Waals surface area contributed by atoms with E-state index in [1.54, 1.807) is 16.8 Å². The molecule has 0 atom stereocenters. The van der Waals surface area contributed by atoms with Crippen LogP contribution in [0.25, 0.3) is 0 Å². The molecule has 2 aromatic rings. The van der Waals surface area contributed by atoms with E-state index >= 15 is 0 Å². The number of nitrogens with one attached hydrogen (secondary N) is 2. The van der Waals surface area contributed by atoms with Crippen molar-refractivity contribution in [1.29, 1.82) is 0 Å². The number of anilines is 1. The summed E-state index contributed by atoms with van der Waals surface area (Å²) in [6.45, 7) is 5.85. The molecule has 0 spiro atoms. The lowest BCUT2D eigenvalue weighted by Gasteiger charge is -2.14. The molecule has 1 aromatic carbocycles. The summed E-state index contributed by atoms with van der Waals surface area (Å²) in [4.78, 5) is 25.1. The van der Waals surface area contributed by atoms with Crippen LogP contribution in [0.3, 0.4) is 0 Å². The number of hydrogen-bond donors (Lipinski definition) is 2. The monoisotopic (exact) mass is 368 g/mol. The van der Waals surface area contributed by atoms with Gasteiger partial charge in [0.25, 0.3) is 11.8 Å². The minimum absolute atomic E-state index is 0.112. The highest BCUT2D eigenvalue weighted by molar-refractivity contribution is 6.05. The van der Waals surface area contributed by atoms with Crippen LogP contribution in [-0.4, -0.2) is 34.7 Å². The molecule has 2 amide bonds. The first-order chi connectivity index (χ1) is 13.0. The third-order valence-corrected chi connectivity index (χ3v) is 5.10. The second-order valence-corrected chi connectivity index (χ2v) is 7.34. The van der Waals surface area contributed by atoms with E-state index in [9.17, 15) is 9.59 Å². The molecule has 7 nitrogen and oxygen atoms in total. The number of ether oxygens (including phenoxy) is 1. The predicted octanol–water partition coefficient (Wildman–Crippen LogP) is 2.67. The van der Waals surface area contributed by atoms with Crippen LogP contribution < -0.4 is 15.4 Å². The molecule has 1 fully saturated rings. The number of carbonyl (C=O) groups is 2. The molecule has 1 saturated carbocycles. The molecule has 1 aliphatic heterocycles. The maximum atomic E-state index is 12.8. The van der Waals surface area contributed by atoms with E-state index in [0.29, 0.717) is 41.9 Å². The Morgan fingerprint density at radius 3 is 2.81 bits per heavy atom. The van der Waals surface area contributed by atoms with Crippen molar-refractivity contribution in [3.05, 3.63) is 40.6 Å². The van der Waals surface area contributed by atoms with Crippen molar-refractivity contribution < 1.29 is 14.3 Å². The second kappa shape index (κ2) is 7.06. The molecule has 2 heterocycles. The first kappa shape index (κ1) is 17.6. The first-order valence-electron chi connectivity index (χ1n) is 9.43. The van der Waals surface area contributed by atoms with Crippen molar-refractivity contribution in [2.75, 3.05) is 18.5 Å². The number of aryl methyl sites for hydroxylation is 2. The zero-order valence-corrected chi connectivity index (χ0v) is 15.7. The van der Waals surface area contributed by atoms with E-state index < -0.39 is 0 Å². The van der Waals surface area contributed by atoms with Crippen molar-refractivity contribution in [2.24, 2.45) is 5.92 Å². The van der Waals surface area contributed by atoms with E-state index in [-0.39, 0.29) is 11.8 Å². The van der Waals surface area contributed by atoms with Gasteiger partial charge in [0, 0.05) is 36.3 Å². The Labute approximate surface area is 158 Å². The van der Waals surface area contributed by atoms with Crippen molar-refractivity contribution in [1.82, 2.24) is 15.1 Å². The third-order valence-electron chi connectivity index (χ3n) is 5.10. The maximum Gasteiger partial charge on any atom is 0.276 e. The Bertz CT molecular complexity index is 899. The molecule has 0 unspecified atom stereocenters. The normalized spacial score (nSPS) is 15.6. The van der Waals surface area contributed by atoms with Gasteiger partial charge in [-0.05, 0) is 50.3 Å². The molecule has 27 heavy (non-hydrogen) atoms. The smallest absolute Gasteiger partial charge is 0.276 e. The lowest BCUT2D eigenvalue weighted by atomic mass is 10.1. The van der Waals surface area contributed by atoms with Crippen LogP contribution >= 0.6 is 0 Å². The average molecular weight is 368 g/mol. The largest absolute Gasteiger partial charge is 0.478 e. The molecule has 2 aliphatic rings. The van der Waals surface area contributed by atoms with E-state index in [0.717, 1.165) is 24.1 Å². The number of benzene rings is 1. The number of nitrogens with zero attached hydrogens (tertiary/aromatic N) is 2. The zero-order chi connectivity index (χ0) is 19.0. The fraction of sp³-hybridized carbons (Fsp3) is 0.450. The van der Waals surface area contributed by atoms with Crippen LogP contribution in [0.1, 0.15) is 51.2 Å². The molecule has 0 saturated heterocycles. The highest BCUT2D eigenvalue weighted by Gasteiger charge is 2.24. The van der Waals surface area contributed by atoms with Gasteiger partial charge in [0.05, 0.1) is 6.61 Å². The quantitative estimate of drug-likeness (QED) is 0.850. The summed E-state index contributed by atoms with van der Waals surface area (Å²) < 4.78 is 7.37. The lowest BCUT2D eigenvalue weighted by Crippen LogP contribution is -2.25. The van der Waals surface area contributed by atoms with Crippen molar-refractivity contribution in [2.45, 2.75) is 39.7 Å². The maximum absolute atomic E-state index is 12.8. The van der Waals surface area contributed by atoms with Gasteiger partial charge in [-0.1, -0.05) is 6.07 Å². The number of fused-ring (bicyclic) bond motifs is 1. The summed E-state index contributed by atoms with van der Waals surface area (Å²) in [5.74, 6) is 0.878. The zero-order valence-electron chi connectivity index (χ0n) is 15.7. The number of amides is 2. The SMILES string of the molecule is Cc1ccc(C(=O)NCC2CC2)cc1NC(=O)c1nn2c(c1C)OCCC2. The fourth-order valence-electron chi connectivity index (χ4n) is 3.21. The van der Waals surface area contributed by atoms with Crippen LogP contribution in [0.5, 0.6) is 5.88 Å². The van der Waals surface area contributed by atoms with Crippen LogP contribution in [0, 0.1) is 19.8 Å². The highest BCUT2D eigenvalue weighted by Crippen LogP contribution is 2.28. The molecule has 1 aliphatic carbocycles. The summed E-state index contributed by atoms with van der Waals surface area (Å²) in [6, 6.07) is 5.34. The van der Waals surface area contributed by atoms with Gasteiger partial charge in [-0.2, -0.15) is 5.10 Å². The molecule has 142 valence electrons. The van der Waals surface area contributed by atoms with Crippen LogP contribution in [0.4, 0.5) is 5.69 Å². The van der Waals surface area contributed by atoms with Gasteiger partial charge in [-0.3, -0.25) is 9.59 Å². The molecule has 4 rings (SSSR count). The number of hydrogen-bond acceptors (Lipinski definition) is 4. The Hall–Kier alpha value is -2.83. The van der Waals surface area contributed by atoms with E-state index in [1.165, 1.54) is 12.8 Å². The van der Waals surface area contributed by atoms with Gasteiger partial charge in [-0.15, -0.1) is 0 Å². The number of carbonyl (C=O) groups excluding carboxylic acids is 2. The number of rotatable bonds is 5. The predicted molar refractivity (Wildman–Crippen MR) is 101 cm³/mol. The highest BCUT2D eigenvalue weighted by atomic mass is 16.5. The summed E-state index contributed by atoms with van der Waals surface area (Å²) >= 11 is 0. The summed E-state index contributed by atoms with van der Waals surface area (Å²) in [7, 11) is 0. The van der Waals surface area contributed by atoms with Crippen molar-refractivity contribution in [3.8, 4) is 5.88 Å². The fourth-order valence-corrected chi connectivity index (χ4v) is 3.21. The van der Waals surface area contributed by atoms with E-state index in [2.05, 4.69) is 15.7 Å². The molecule has 7 heteroatoms. The van der Waals surface area contributed by atoms with Crippen molar-refractivity contribution >= 4 is 17.5 Å². The summed E-state index contributed by atoms with van der Waals surface area (Å²) in [5, 5.41) is 10.2. The van der Waals surface area contributed by atoms with Gasteiger partial charge in [0.2, 0.25) is 5.88 Å². The topological polar surface area (TPSA) is 85.3 Å². The standard InChI is InChI=1S/C20H24N4O3/c1-12-4-7-15(18(25)21-11-14-5-6-14)10-16(12)22-19(26)17-13(2)20-24(23-17)8-3-9-27-20/h4,7,10,14H,3,5-6,8-9,11H2,1-2H3,(H,21,25)(H,22,26). The van der Waals surface area contributed by atoms with Crippen LogP contribution in [0.15, 0.2) is 18.2 Å². The Balaban J connectivity index is 1.51. The first-order valence-corrected chi connectivity index (χ1v) is 9.43. The summed E-state index contributed by atoms with van der Waals surface area (Å²) in [6.07, 6.45) is 3.26. The Kier molecular flexibility index (Phi) is 4.59. The van der Waals surface area contributed by atoms with Crippen molar-refractivity contribution in [3.63, 3.8) is 0 Å². The molecule has 1 aromatic heterocycles. The minimum Gasteiger partial charge on any atom is -0.478 e. The molecular formula is C20H24N4O3. The number of aromatic nitrogens is 2. The molecule has 0 bridgehead atoms.